The molecule has 2 heteroatoms. The Bertz CT molecular complexity index is 574. The minimum Gasteiger partial charge on any atom is -0.543 e. The first kappa shape index (κ1) is 15.4. The zero-order chi connectivity index (χ0) is 15.3. The highest BCUT2D eigenvalue weighted by Crippen LogP contribution is 2.41. The molecule has 0 heterocycles. The minimum absolute atomic E-state index is 0.235. The lowest BCUT2D eigenvalue weighted by Crippen LogP contribution is -2.44. The third kappa shape index (κ3) is 2.58. The molecular weight excluding hydrogens is 260 g/mol. The monoisotopic (exact) mass is 288 g/mol. The molecule has 0 saturated carbocycles. The fourth-order valence-electron chi connectivity index (χ4n) is 2.56. The first-order chi connectivity index (χ1) is 9.03. The van der Waals surface area contributed by atoms with Crippen LogP contribution in [0.15, 0.2) is 11.6 Å². The molecule has 0 atom stereocenters. The van der Waals surface area contributed by atoms with Gasteiger partial charge in [-0.2, -0.15) is 0 Å². The Balaban J connectivity index is 2.44. The van der Waals surface area contributed by atoms with Crippen LogP contribution in [0.3, 0.4) is 0 Å². The fourth-order valence-corrected chi connectivity index (χ4v) is 3.69. The molecule has 1 aromatic carbocycles. The molecule has 0 unspecified atom stereocenters. The third-order valence-electron chi connectivity index (χ3n) is 4.89. The van der Waals surface area contributed by atoms with E-state index in [1.807, 2.05) is 0 Å². The Labute approximate surface area is 125 Å². The average Bonchev–Trinajstić information content (AvgIpc) is 2.63. The molecule has 0 aromatic heterocycles. The van der Waals surface area contributed by atoms with Gasteiger partial charge in [-0.25, -0.2) is 0 Å². The number of hydrogen-bond acceptors (Lipinski definition) is 1. The second kappa shape index (κ2) is 4.76. The highest BCUT2D eigenvalue weighted by atomic mass is 28.4. The highest BCUT2D eigenvalue weighted by Gasteiger charge is 2.39. The maximum absolute atomic E-state index is 6.60. The molecule has 20 heavy (non-hydrogen) atoms. The van der Waals surface area contributed by atoms with Gasteiger partial charge in [0, 0.05) is 0 Å². The van der Waals surface area contributed by atoms with Gasteiger partial charge in [0.1, 0.15) is 5.75 Å². The maximum Gasteiger partial charge on any atom is 0.250 e. The second-order valence-corrected chi connectivity index (χ2v) is 12.5. The maximum atomic E-state index is 6.60. The lowest BCUT2D eigenvalue weighted by atomic mass is 9.99. The van der Waals surface area contributed by atoms with E-state index in [-0.39, 0.29) is 5.04 Å². The van der Waals surface area contributed by atoms with Gasteiger partial charge in [-0.1, -0.05) is 32.4 Å². The summed E-state index contributed by atoms with van der Waals surface area (Å²) < 4.78 is 6.60. The summed E-state index contributed by atoms with van der Waals surface area (Å²) in [5.41, 5.74) is 6.92. The van der Waals surface area contributed by atoms with Crippen LogP contribution in [0, 0.1) is 13.8 Å². The van der Waals surface area contributed by atoms with E-state index in [1.165, 1.54) is 27.8 Å². The van der Waals surface area contributed by atoms with Crippen molar-refractivity contribution in [3.8, 4) is 5.75 Å². The van der Waals surface area contributed by atoms with E-state index >= 15 is 0 Å². The quantitative estimate of drug-likeness (QED) is 0.639. The predicted molar refractivity (Wildman–Crippen MR) is 91.1 cm³/mol. The smallest absolute Gasteiger partial charge is 0.250 e. The fraction of sp³-hybridized carbons (Fsp3) is 0.556. The number of rotatable bonds is 2. The first-order valence-electron chi connectivity index (χ1n) is 7.52. The highest BCUT2D eigenvalue weighted by molar-refractivity contribution is 6.74. The largest absolute Gasteiger partial charge is 0.543 e. The molecule has 110 valence electrons. The van der Waals surface area contributed by atoms with Gasteiger partial charge in [0.25, 0.3) is 8.32 Å². The van der Waals surface area contributed by atoms with E-state index in [0.717, 1.165) is 12.2 Å². The van der Waals surface area contributed by atoms with E-state index < -0.39 is 8.32 Å². The molecule has 0 aliphatic heterocycles. The minimum atomic E-state index is -1.78. The zero-order valence-corrected chi connectivity index (χ0v) is 15.3. The van der Waals surface area contributed by atoms with Crippen LogP contribution in [-0.2, 0) is 6.42 Å². The van der Waals surface area contributed by atoms with Crippen LogP contribution in [0.2, 0.25) is 18.1 Å². The number of aryl methyl sites for hydroxylation is 1. The molecular formula is C18H28OSi. The van der Waals surface area contributed by atoms with Gasteiger partial charge in [-0.05, 0) is 73.6 Å². The molecule has 0 bridgehead atoms. The Morgan fingerprint density at radius 3 is 2.25 bits per heavy atom. The van der Waals surface area contributed by atoms with Crippen molar-refractivity contribution in [2.45, 2.75) is 66.1 Å². The van der Waals surface area contributed by atoms with Crippen LogP contribution < -0.4 is 4.43 Å². The SMILES string of the molecule is CC1=Cc2cc(C)c(O[Si](C)(C)C(C)(C)C)c(C)c2C1. The summed E-state index contributed by atoms with van der Waals surface area (Å²) in [4.78, 5) is 0. The van der Waals surface area contributed by atoms with E-state index in [9.17, 15) is 0 Å². The lowest BCUT2D eigenvalue weighted by molar-refractivity contribution is 0.485. The van der Waals surface area contributed by atoms with Gasteiger partial charge in [-0.15, -0.1) is 0 Å². The van der Waals surface area contributed by atoms with Crippen molar-refractivity contribution in [2.24, 2.45) is 0 Å². The van der Waals surface area contributed by atoms with Gasteiger partial charge >= 0.3 is 0 Å². The number of benzene rings is 1. The molecule has 1 aliphatic rings. The Kier molecular flexibility index (Phi) is 3.66. The molecule has 0 saturated heterocycles. The normalized spacial score (nSPS) is 15.1. The van der Waals surface area contributed by atoms with Crippen LogP contribution in [-0.4, -0.2) is 8.32 Å². The van der Waals surface area contributed by atoms with E-state index in [2.05, 4.69) is 66.8 Å². The van der Waals surface area contributed by atoms with Crippen molar-refractivity contribution in [1.29, 1.82) is 0 Å². The molecule has 0 fully saturated rings. The van der Waals surface area contributed by atoms with Crippen LogP contribution in [0.5, 0.6) is 5.75 Å². The van der Waals surface area contributed by atoms with Crippen LogP contribution in [0.4, 0.5) is 0 Å². The Hall–Kier alpha value is -1.02. The van der Waals surface area contributed by atoms with Crippen LogP contribution in [0.25, 0.3) is 6.08 Å². The Morgan fingerprint density at radius 2 is 1.70 bits per heavy atom. The summed E-state index contributed by atoms with van der Waals surface area (Å²) in [6.45, 7) is 18.1. The van der Waals surface area contributed by atoms with E-state index in [0.29, 0.717) is 0 Å². The second-order valence-electron chi connectivity index (χ2n) is 7.75. The van der Waals surface area contributed by atoms with Crippen molar-refractivity contribution in [1.82, 2.24) is 0 Å². The van der Waals surface area contributed by atoms with E-state index in [4.69, 9.17) is 4.43 Å². The third-order valence-corrected chi connectivity index (χ3v) is 9.22. The molecule has 1 aliphatic carbocycles. The van der Waals surface area contributed by atoms with Crippen molar-refractivity contribution >= 4 is 14.4 Å². The van der Waals surface area contributed by atoms with Gasteiger partial charge < -0.3 is 4.43 Å². The predicted octanol–water partition coefficient (Wildman–Crippen LogP) is 5.65. The van der Waals surface area contributed by atoms with Crippen molar-refractivity contribution in [3.05, 3.63) is 33.9 Å². The number of fused-ring (bicyclic) bond motifs is 1. The summed E-state index contributed by atoms with van der Waals surface area (Å²) in [5.74, 6) is 1.14. The molecule has 0 spiro atoms. The van der Waals surface area contributed by atoms with Crippen LogP contribution >= 0.6 is 0 Å². The molecule has 2 rings (SSSR count). The lowest BCUT2D eigenvalue weighted by Gasteiger charge is -2.37. The standard InChI is InChI=1S/C18H28OSi/c1-12-9-15-11-13(2)17(14(3)16(15)10-12)19-20(7,8)18(4,5)6/h9,11H,10H2,1-8H3. The average molecular weight is 289 g/mol. The topological polar surface area (TPSA) is 9.23 Å². The summed E-state index contributed by atoms with van der Waals surface area (Å²) in [6, 6.07) is 2.29. The summed E-state index contributed by atoms with van der Waals surface area (Å²) in [6.07, 6.45) is 3.39. The van der Waals surface area contributed by atoms with Crippen molar-refractivity contribution < 1.29 is 4.43 Å². The van der Waals surface area contributed by atoms with Gasteiger partial charge in [0.15, 0.2) is 0 Å². The number of allylic oxidation sites excluding steroid dienone is 1. The Morgan fingerprint density at radius 1 is 1.10 bits per heavy atom. The van der Waals surface area contributed by atoms with Gasteiger partial charge in [-0.3, -0.25) is 0 Å². The molecule has 0 radical (unpaired) electrons. The molecule has 1 aromatic rings. The van der Waals surface area contributed by atoms with Gasteiger partial charge in [0.05, 0.1) is 0 Å². The molecule has 1 nitrogen and oxygen atoms in total. The van der Waals surface area contributed by atoms with Crippen LogP contribution in [0.1, 0.15) is 49.9 Å². The van der Waals surface area contributed by atoms with Crippen molar-refractivity contribution in [3.63, 3.8) is 0 Å². The van der Waals surface area contributed by atoms with Gasteiger partial charge in [0.2, 0.25) is 0 Å². The summed E-state index contributed by atoms with van der Waals surface area (Å²) in [5, 5.41) is 0.235. The number of hydrogen-bond donors (Lipinski definition) is 0. The molecule has 0 amide bonds. The molecule has 0 N–H and O–H groups in total. The first-order valence-corrected chi connectivity index (χ1v) is 10.4. The van der Waals surface area contributed by atoms with Crippen molar-refractivity contribution in [2.75, 3.05) is 0 Å². The summed E-state index contributed by atoms with van der Waals surface area (Å²) in [7, 11) is -1.78. The zero-order valence-electron chi connectivity index (χ0n) is 14.3. The van der Waals surface area contributed by atoms with E-state index in [1.54, 1.807) is 0 Å². The summed E-state index contributed by atoms with van der Waals surface area (Å²) >= 11 is 0.